The summed E-state index contributed by atoms with van der Waals surface area (Å²) in [6.07, 6.45) is 0. The van der Waals surface area contributed by atoms with Gasteiger partial charge in [-0.1, -0.05) is 53.6 Å². The average molecular weight is 293 g/mol. The Kier molecular flexibility index (Phi) is 5.28. The van der Waals surface area contributed by atoms with Crippen molar-refractivity contribution in [2.45, 2.75) is 17.9 Å². The zero-order valence-corrected chi connectivity index (χ0v) is 12.3. The van der Waals surface area contributed by atoms with E-state index in [1.165, 1.54) is 11.1 Å². The van der Waals surface area contributed by atoms with Crippen LogP contribution < -0.4 is 11.3 Å². The van der Waals surface area contributed by atoms with Crippen LogP contribution >= 0.6 is 23.4 Å². The lowest BCUT2D eigenvalue weighted by Crippen LogP contribution is -2.29. The average Bonchev–Trinajstić information content (AvgIpc) is 2.43. The molecule has 0 saturated carbocycles. The molecule has 0 radical (unpaired) electrons. The van der Waals surface area contributed by atoms with Gasteiger partial charge in [-0.15, -0.1) is 11.8 Å². The summed E-state index contributed by atoms with van der Waals surface area (Å²) >= 11 is 7.85. The molecule has 1 atom stereocenters. The Labute approximate surface area is 123 Å². The number of hydrogen-bond donors (Lipinski definition) is 2. The fourth-order valence-corrected chi connectivity index (χ4v) is 3.09. The Hall–Kier alpha value is -1.00. The molecular weight excluding hydrogens is 276 g/mol. The molecule has 1 unspecified atom stereocenters. The second kappa shape index (κ2) is 6.96. The number of aryl methyl sites for hydroxylation is 1. The number of nitrogens with one attached hydrogen (secondary N) is 1. The van der Waals surface area contributed by atoms with Gasteiger partial charge < -0.3 is 0 Å². The van der Waals surface area contributed by atoms with Crippen LogP contribution in [0.25, 0.3) is 0 Å². The summed E-state index contributed by atoms with van der Waals surface area (Å²) in [6.45, 7) is 2.08. The molecule has 0 aliphatic heterocycles. The molecule has 0 aliphatic rings. The molecule has 4 heteroatoms. The van der Waals surface area contributed by atoms with E-state index >= 15 is 0 Å². The van der Waals surface area contributed by atoms with Crippen molar-refractivity contribution in [3.63, 3.8) is 0 Å². The molecule has 0 heterocycles. The smallest absolute Gasteiger partial charge is 0.0553 e. The highest BCUT2D eigenvalue weighted by Gasteiger charge is 2.11. The molecule has 2 aromatic rings. The van der Waals surface area contributed by atoms with Gasteiger partial charge in [0.25, 0.3) is 0 Å². The third-order valence-corrected chi connectivity index (χ3v) is 4.53. The van der Waals surface area contributed by atoms with Gasteiger partial charge in [-0.25, -0.2) is 0 Å². The number of thioether (sulfide) groups is 1. The Morgan fingerprint density at radius 1 is 1.16 bits per heavy atom. The molecule has 100 valence electrons. The third-order valence-electron chi connectivity index (χ3n) is 2.92. The first-order valence-corrected chi connectivity index (χ1v) is 7.47. The van der Waals surface area contributed by atoms with Crippen LogP contribution in [0.3, 0.4) is 0 Å². The van der Waals surface area contributed by atoms with Gasteiger partial charge in [-0.3, -0.25) is 11.3 Å². The van der Waals surface area contributed by atoms with Gasteiger partial charge in [-0.2, -0.15) is 0 Å². The molecule has 0 aromatic heterocycles. The van der Waals surface area contributed by atoms with Gasteiger partial charge in [0.2, 0.25) is 0 Å². The first-order chi connectivity index (χ1) is 9.20. The van der Waals surface area contributed by atoms with E-state index < -0.39 is 0 Å². The van der Waals surface area contributed by atoms with Crippen LogP contribution in [0.5, 0.6) is 0 Å². The zero-order valence-electron chi connectivity index (χ0n) is 10.8. The van der Waals surface area contributed by atoms with E-state index in [1.807, 2.05) is 24.3 Å². The van der Waals surface area contributed by atoms with E-state index in [0.29, 0.717) is 0 Å². The summed E-state index contributed by atoms with van der Waals surface area (Å²) < 4.78 is 0. The highest BCUT2D eigenvalue weighted by Crippen LogP contribution is 2.29. The van der Waals surface area contributed by atoms with Crippen LogP contribution in [0.15, 0.2) is 53.4 Å². The first-order valence-electron chi connectivity index (χ1n) is 6.10. The van der Waals surface area contributed by atoms with Crippen molar-refractivity contribution in [1.29, 1.82) is 0 Å². The van der Waals surface area contributed by atoms with Crippen molar-refractivity contribution in [2.75, 3.05) is 5.75 Å². The number of rotatable bonds is 5. The summed E-state index contributed by atoms with van der Waals surface area (Å²) in [6, 6.07) is 16.4. The molecule has 0 spiro atoms. The normalized spacial score (nSPS) is 12.4. The van der Waals surface area contributed by atoms with Gasteiger partial charge in [0.1, 0.15) is 0 Å². The lowest BCUT2D eigenvalue weighted by Gasteiger charge is -2.16. The summed E-state index contributed by atoms with van der Waals surface area (Å²) in [5.41, 5.74) is 5.30. The van der Waals surface area contributed by atoms with E-state index in [9.17, 15) is 0 Å². The Bertz CT molecular complexity index is 528. The molecule has 3 N–H and O–H groups in total. The minimum Gasteiger partial charge on any atom is -0.271 e. The van der Waals surface area contributed by atoms with Crippen LogP contribution in [0.1, 0.15) is 17.2 Å². The molecule has 19 heavy (non-hydrogen) atoms. The first kappa shape index (κ1) is 14.4. The fraction of sp³-hybridized carbons (Fsp3) is 0.200. The highest BCUT2D eigenvalue weighted by atomic mass is 35.5. The van der Waals surface area contributed by atoms with E-state index in [4.69, 9.17) is 17.4 Å². The van der Waals surface area contributed by atoms with E-state index in [-0.39, 0.29) is 6.04 Å². The van der Waals surface area contributed by atoms with Crippen LogP contribution in [0, 0.1) is 6.92 Å². The van der Waals surface area contributed by atoms with Crippen LogP contribution in [-0.4, -0.2) is 5.75 Å². The minimum atomic E-state index is 0.113. The summed E-state index contributed by atoms with van der Waals surface area (Å²) in [4.78, 5) is 1.08. The predicted octanol–water partition coefficient (Wildman–Crippen LogP) is 3.95. The van der Waals surface area contributed by atoms with Crippen molar-refractivity contribution in [1.82, 2.24) is 5.43 Å². The van der Waals surface area contributed by atoms with Gasteiger partial charge >= 0.3 is 0 Å². The molecule has 2 rings (SSSR count). The summed E-state index contributed by atoms with van der Waals surface area (Å²) in [5, 5.41) is 0.784. The van der Waals surface area contributed by atoms with Gasteiger partial charge in [0, 0.05) is 10.6 Å². The zero-order chi connectivity index (χ0) is 13.7. The fourth-order valence-electron chi connectivity index (χ4n) is 1.77. The Morgan fingerprint density at radius 3 is 2.47 bits per heavy atom. The highest BCUT2D eigenvalue weighted by molar-refractivity contribution is 7.99. The molecule has 0 bridgehead atoms. The van der Waals surface area contributed by atoms with E-state index in [2.05, 4.69) is 36.6 Å². The molecule has 0 aliphatic carbocycles. The van der Waals surface area contributed by atoms with Crippen molar-refractivity contribution >= 4 is 23.4 Å². The van der Waals surface area contributed by atoms with Crippen LogP contribution in [0.2, 0.25) is 5.02 Å². The quantitative estimate of drug-likeness (QED) is 0.498. The maximum atomic E-state index is 6.15. The maximum Gasteiger partial charge on any atom is 0.0553 e. The van der Waals surface area contributed by atoms with E-state index in [0.717, 1.165) is 15.7 Å². The topological polar surface area (TPSA) is 38.0 Å². The number of benzene rings is 2. The number of hydrazine groups is 1. The predicted molar refractivity (Wildman–Crippen MR) is 83.4 cm³/mol. The maximum absolute atomic E-state index is 6.15. The number of nitrogens with two attached hydrogens (primary N) is 1. The summed E-state index contributed by atoms with van der Waals surface area (Å²) in [7, 11) is 0. The standard InChI is InChI=1S/C15H17ClN2S/c1-11-6-8-12(9-7-11)14(18-17)10-19-15-5-3-2-4-13(15)16/h2-9,14,18H,10,17H2,1H3. The van der Waals surface area contributed by atoms with Gasteiger partial charge in [0.15, 0.2) is 0 Å². The van der Waals surface area contributed by atoms with Crippen molar-refractivity contribution < 1.29 is 0 Å². The van der Waals surface area contributed by atoms with Crippen LogP contribution in [-0.2, 0) is 0 Å². The lowest BCUT2D eigenvalue weighted by atomic mass is 10.1. The van der Waals surface area contributed by atoms with Gasteiger partial charge in [0.05, 0.1) is 11.1 Å². The molecular formula is C15H17ClN2S. The van der Waals surface area contributed by atoms with Gasteiger partial charge in [-0.05, 0) is 24.6 Å². The van der Waals surface area contributed by atoms with Crippen LogP contribution in [0.4, 0.5) is 0 Å². The van der Waals surface area contributed by atoms with Crippen molar-refractivity contribution in [3.05, 3.63) is 64.7 Å². The minimum absolute atomic E-state index is 0.113. The molecule has 0 saturated heterocycles. The molecule has 0 fully saturated rings. The number of hydrogen-bond acceptors (Lipinski definition) is 3. The number of halogens is 1. The Balaban J connectivity index is 2.04. The second-order valence-corrected chi connectivity index (χ2v) is 5.84. The summed E-state index contributed by atoms with van der Waals surface area (Å²) in [5.74, 6) is 6.49. The van der Waals surface area contributed by atoms with Crippen molar-refractivity contribution in [2.24, 2.45) is 5.84 Å². The Morgan fingerprint density at radius 2 is 1.84 bits per heavy atom. The molecule has 2 nitrogen and oxygen atoms in total. The molecule has 2 aromatic carbocycles. The largest absolute Gasteiger partial charge is 0.271 e. The lowest BCUT2D eigenvalue weighted by molar-refractivity contribution is 0.610. The van der Waals surface area contributed by atoms with E-state index in [1.54, 1.807) is 11.8 Å². The van der Waals surface area contributed by atoms with Crippen molar-refractivity contribution in [3.8, 4) is 0 Å². The third kappa shape index (κ3) is 3.98. The molecule has 0 amide bonds. The monoisotopic (exact) mass is 292 g/mol. The second-order valence-electron chi connectivity index (χ2n) is 4.37. The SMILES string of the molecule is Cc1ccc(C(CSc2ccccc2Cl)NN)cc1.